The minimum atomic E-state index is -0.386. The molecule has 0 aliphatic carbocycles. The van der Waals surface area contributed by atoms with Gasteiger partial charge in [0.2, 0.25) is 5.91 Å². The van der Waals surface area contributed by atoms with E-state index in [1.165, 1.54) is 5.56 Å². The van der Waals surface area contributed by atoms with Gasteiger partial charge in [0.1, 0.15) is 5.58 Å². The Morgan fingerprint density at radius 2 is 2.05 bits per heavy atom. The van der Waals surface area contributed by atoms with Crippen molar-refractivity contribution in [3.63, 3.8) is 0 Å². The third kappa shape index (κ3) is 2.85. The number of aryl methyl sites for hydroxylation is 2. The van der Waals surface area contributed by atoms with E-state index in [2.05, 4.69) is 11.4 Å². The standard InChI is InChI=1S/C16H22N2O2/c1-10-5-6-13-12(8-20-15(13)11(10)2)7-14(19)18-16(3,4)9-17/h5-6,8H,7,9,17H2,1-4H3,(H,18,19). The number of carbonyl (C=O) groups is 1. The average Bonchev–Trinajstić information content (AvgIpc) is 2.77. The highest BCUT2D eigenvalue weighted by molar-refractivity contribution is 5.89. The number of nitrogens with two attached hydrogens (primary N) is 1. The maximum atomic E-state index is 12.1. The molecule has 0 saturated carbocycles. The zero-order valence-electron chi connectivity index (χ0n) is 12.5. The van der Waals surface area contributed by atoms with Crippen LogP contribution in [0.25, 0.3) is 11.0 Å². The van der Waals surface area contributed by atoms with Gasteiger partial charge < -0.3 is 15.5 Å². The van der Waals surface area contributed by atoms with Crippen molar-refractivity contribution < 1.29 is 9.21 Å². The summed E-state index contributed by atoms with van der Waals surface area (Å²) in [5, 5.41) is 3.94. The lowest BCUT2D eigenvalue weighted by Crippen LogP contribution is -2.49. The van der Waals surface area contributed by atoms with Crippen LogP contribution in [-0.4, -0.2) is 18.0 Å². The summed E-state index contributed by atoms with van der Waals surface area (Å²) in [5.74, 6) is -0.0404. The smallest absolute Gasteiger partial charge is 0.225 e. The van der Waals surface area contributed by atoms with Crippen LogP contribution >= 0.6 is 0 Å². The Morgan fingerprint density at radius 1 is 1.35 bits per heavy atom. The normalized spacial score (nSPS) is 11.8. The summed E-state index contributed by atoms with van der Waals surface area (Å²) in [4.78, 5) is 12.1. The Balaban J connectivity index is 2.23. The van der Waals surface area contributed by atoms with Crippen LogP contribution in [0.2, 0.25) is 0 Å². The van der Waals surface area contributed by atoms with Gasteiger partial charge in [0.05, 0.1) is 12.7 Å². The highest BCUT2D eigenvalue weighted by Gasteiger charge is 2.19. The van der Waals surface area contributed by atoms with Crippen LogP contribution in [-0.2, 0) is 11.2 Å². The summed E-state index contributed by atoms with van der Waals surface area (Å²) < 4.78 is 5.61. The second-order valence-electron chi connectivity index (χ2n) is 5.96. The number of fused-ring (bicyclic) bond motifs is 1. The molecule has 108 valence electrons. The van der Waals surface area contributed by atoms with E-state index in [1.807, 2.05) is 33.8 Å². The largest absolute Gasteiger partial charge is 0.464 e. The minimum absolute atomic E-state index is 0.0404. The Hall–Kier alpha value is -1.81. The van der Waals surface area contributed by atoms with Gasteiger partial charge in [-0.25, -0.2) is 0 Å². The number of nitrogens with one attached hydrogen (secondary N) is 1. The summed E-state index contributed by atoms with van der Waals surface area (Å²) in [6, 6.07) is 4.07. The fourth-order valence-electron chi connectivity index (χ4n) is 2.17. The Bertz CT molecular complexity index is 641. The molecule has 3 N–H and O–H groups in total. The zero-order chi connectivity index (χ0) is 14.9. The fraction of sp³-hybridized carbons (Fsp3) is 0.438. The van der Waals surface area contributed by atoms with E-state index >= 15 is 0 Å². The molecule has 4 heteroatoms. The number of amides is 1. The van der Waals surface area contributed by atoms with Gasteiger partial charge in [0.15, 0.2) is 0 Å². The number of hydrogen-bond donors (Lipinski definition) is 2. The predicted octanol–water partition coefficient (Wildman–Crippen LogP) is 2.45. The lowest BCUT2D eigenvalue weighted by atomic mass is 10.0. The summed E-state index contributed by atoms with van der Waals surface area (Å²) in [7, 11) is 0. The summed E-state index contributed by atoms with van der Waals surface area (Å²) >= 11 is 0. The van der Waals surface area contributed by atoms with E-state index in [0.29, 0.717) is 13.0 Å². The maximum Gasteiger partial charge on any atom is 0.225 e. The molecule has 1 aromatic heterocycles. The second kappa shape index (κ2) is 5.29. The molecule has 0 fully saturated rings. The average molecular weight is 274 g/mol. The molecule has 0 aliphatic rings. The van der Waals surface area contributed by atoms with Crippen LogP contribution in [0.4, 0.5) is 0 Å². The molecule has 0 spiro atoms. The number of carbonyl (C=O) groups excluding carboxylic acids is 1. The van der Waals surface area contributed by atoms with Gasteiger partial charge in [-0.05, 0) is 38.8 Å². The van der Waals surface area contributed by atoms with Crippen molar-refractivity contribution in [3.05, 3.63) is 35.1 Å². The molecule has 0 unspecified atom stereocenters. The molecule has 4 nitrogen and oxygen atoms in total. The lowest BCUT2D eigenvalue weighted by molar-refractivity contribution is -0.121. The van der Waals surface area contributed by atoms with Crippen LogP contribution in [0.15, 0.2) is 22.8 Å². The number of hydrogen-bond acceptors (Lipinski definition) is 3. The summed E-state index contributed by atoms with van der Waals surface area (Å²) in [5.41, 5.74) is 9.32. The summed E-state index contributed by atoms with van der Waals surface area (Å²) in [6.45, 7) is 8.30. The van der Waals surface area contributed by atoms with Gasteiger partial charge in [0.25, 0.3) is 0 Å². The van der Waals surface area contributed by atoms with Gasteiger partial charge in [-0.1, -0.05) is 12.1 Å². The van der Waals surface area contributed by atoms with Crippen molar-refractivity contribution in [2.45, 2.75) is 39.7 Å². The first-order valence-corrected chi connectivity index (χ1v) is 6.81. The van der Waals surface area contributed by atoms with E-state index in [-0.39, 0.29) is 11.4 Å². The van der Waals surface area contributed by atoms with Crippen LogP contribution in [0, 0.1) is 13.8 Å². The zero-order valence-corrected chi connectivity index (χ0v) is 12.5. The van der Waals surface area contributed by atoms with Crippen molar-refractivity contribution in [3.8, 4) is 0 Å². The highest BCUT2D eigenvalue weighted by atomic mass is 16.3. The third-order valence-electron chi connectivity index (χ3n) is 3.68. The van der Waals surface area contributed by atoms with Crippen molar-refractivity contribution in [1.29, 1.82) is 0 Å². The SMILES string of the molecule is Cc1ccc2c(CC(=O)NC(C)(C)CN)coc2c1C. The fourth-order valence-corrected chi connectivity index (χ4v) is 2.17. The van der Waals surface area contributed by atoms with Crippen LogP contribution in [0.3, 0.4) is 0 Å². The van der Waals surface area contributed by atoms with Crippen molar-refractivity contribution in [2.24, 2.45) is 5.73 Å². The Labute approximate surface area is 119 Å². The molecule has 0 radical (unpaired) electrons. The van der Waals surface area contributed by atoms with Gasteiger partial charge in [0, 0.05) is 23.0 Å². The van der Waals surface area contributed by atoms with Crippen molar-refractivity contribution in [1.82, 2.24) is 5.32 Å². The monoisotopic (exact) mass is 274 g/mol. The van der Waals surface area contributed by atoms with E-state index in [9.17, 15) is 4.79 Å². The molecular weight excluding hydrogens is 252 g/mol. The number of benzene rings is 1. The molecule has 0 atom stereocenters. The number of rotatable bonds is 4. The number of furan rings is 1. The molecule has 0 saturated heterocycles. The second-order valence-corrected chi connectivity index (χ2v) is 5.96. The Morgan fingerprint density at radius 3 is 2.70 bits per heavy atom. The van der Waals surface area contributed by atoms with Crippen LogP contribution < -0.4 is 11.1 Å². The molecule has 0 bridgehead atoms. The van der Waals surface area contributed by atoms with E-state index in [4.69, 9.17) is 10.2 Å². The van der Waals surface area contributed by atoms with E-state index < -0.39 is 0 Å². The van der Waals surface area contributed by atoms with Crippen LogP contribution in [0.1, 0.15) is 30.5 Å². The minimum Gasteiger partial charge on any atom is -0.464 e. The molecule has 0 aliphatic heterocycles. The molecule has 1 aromatic carbocycles. The van der Waals surface area contributed by atoms with Crippen LogP contribution in [0.5, 0.6) is 0 Å². The molecular formula is C16H22N2O2. The quantitative estimate of drug-likeness (QED) is 0.899. The molecule has 1 amide bonds. The Kier molecular flexibility index (Phi) is 3.86. The lowest BCUT2D eigenvalue weighted by Gasteiger charge is -2.24. The predicted molar refractivity (Wildman–Crippen MR) is 80.7 cm³/mol. The molecule has 20 heavy (non-hydrogen) atoms. The highest BCUT2D eigenvalue weighted by Crippen LogP contribution is 2.26. The van der Waals surface area contributed by atoms with Gasteiger partial charge in [-0.3, -0.25) is 4.79 Å². The van der Waals surface area contributed by atoms with Gasteiger partial charge >= 0.3 is 0 Å². The van der Waals surface area contributed by atoms with E-state index in [0.717, 1.165) is 22.1 Å². The first-order chi connectivity index (χ1) is 9.34. The molecule has 1 heterocycles. The maximum absolute atomic E-state index is 12.1. The van der Waals surface area contributed by atoms with Gasteiger partial charge in [-0.2, -0.15) is 0 Å². The van der Waals surface area contributed by atoms with Gasteiger partial charge in [-0.15, -0.1) is 0 Å². The van der Waals surface area contributed by atoms with Crippen molar-refractivity contribution in [2.75, 3.05) is 6.54 Å². The molecule has 2 aromatic rings. The topological polar surface area (TPSA) is 68.3 Å². The first-order valence-electron chi connectivity index (χ1n) is 6.81. The molecule has 2 rings (SSSR count). The third-order valence-corrected chi connectivity index (χ3v) is 3.68. The summed E-state index contributed by atoms with van der Waals surface area (Å²) in [6.07, 6.45) is 1.98. The first kappa shape index (κ1) is 14.6. The van der Waals surface area contributed by atoms with Crippen molar-refractivity contribution >= 4 is 16.9 Å². The van der Waals surface area contributed by atoms with E-state index in [1.54, 1.807) is 6.26 Å².